The number of alkyl halides is 1. The number of nitrogens with zero attached hydrogens (tertiary/aromatic N) is 1. The summed E-state index contributed by atoms with van der Waals surface area (Å²) in [6.07, 6.45) is 0. The molecule has 0 aliphatic heterocycles. The molecule has 0 saturated carbocycles. The topological polar surface area (TPSA) is 66.0 Å². The molecule has 0 atom stereocenters. The Labute approximate surface area is 96.6 Å². The van der Waals surface area contributed by atoms with Crippen molar-refractivity contribution >= 4 is 11.6 Å². The summed E-state index contributed by atoms with van der Waals surface area (Å²) in [6.45, 7) is 0. The van der Waals surface area contributed by atoms with Crippen molar-refractivity contribution in [3.8, 4) is 17.1 Å². The van der Waals surface area contributed by atoms with Crippen molar-refractivity contribution in [3.63, 3.8) is 0 Å². The highest BCUT2D eigenvalue weighted by Crippen LogP contribution is 2.17. The highest BCUT2D eigenvalue weighted by molar-refractivity contribution is 6.17. The summed E-state index contributed by atoms with van der Waals surface area (Å²) in [5.41, 5.74) is 0.375. The highest BCUT2D eigenvalue weighted by atomic mass is 35.5. The molecule has 0 aliphatic carbocycles. The Bertz CT molecular complexity index is 552. The third kappa shape index (κ3) is 1.92. The molecule has 16 heavy (non-hydrogen) atoms. The lowest BCUT2D eigenvalue weighted by molar-refractivity contribution is 0.457. The van der Waals surface area contributed by atoms with Crippen LogP contribution in [0.3, 0.4) is 0 Å². The number of rotatable bonds is 2. The zero-order chi connectivity index (χ0) is 11.5. The van der Waals surface area contributed by atoms with Crippen molar-refractivity contribution in [1.29, 1.82) is 0 Å². The summed E-state index contributed by atoms with van der Waals surface area (Å²) in [4.78, 5) is 18.0. The lowest BCUT2D eigenvalue weighted by Gasteiger charge is -2.03. The fraction of sp³-hybridized carbons (Fsp3) is 0.0909. The summed E-state index contributed by atoms with van der Waals surface area (Å²) >= 11 is 5.59. The molecule has 0 unspecified atom stereocenters. The summed E-state index contributed by atoms with van der Waals surface area (Å²) in [5, 5.41) is 9.38. The van der Waals surface area contributed by atoms with Crippen molar-refractivity contribution in [2.45, 2.75) is 5.88 Å². The molecule has 5 heteroatoms. The van der Waals surface area contributed by atoms with Gasteiger partial charge in [-0.15, -0.1) is 11.6 Å². The normalized spacial score (nSPS) is 10.3. The van der Waals surface area contributed by atoms with Crippen LogP contribution >= 0.6 is 11.6 Å². The van der Waals surface area contributed by atoms with Crippen LogP contribution in [0.1, 0.15) is 5.69 Å². The number of hydrogen-bond donors (Lipinski definition) is 2. The molecule has 4 nitrogen and oxygen atoms in total. The Morgan fingerprint density at radius 2 is 2.00 bits per heavy atom. The van der Waals surface area contributed by atoms with E-state index in [1.165, 1.54) is 0 Å². The number of aromatic hydroxyl groups is 1. The predicted octanol–water partition coefficient (Wildman–Crippen LogP) is 1.88. The van der Waals surface area contributed by atoms with Crippen molar-refractivity contribution in [3.05, 3.63) is 46.4 Å². The van der Waals surface area contributed by atoms with Crippen molar-refractivity contribution in [2.24, 2.45) is 0 Å². The fourth-order valence-electron chi connectivity index (χ4n) is 1.34. The van der Waals surface area contributed by atoms with Gasteiger partial charge in [0.2, 0.25) is 5.75 Å². The average molecular weight is 237 g/mol. The van der Waals surface area contributed by atoms with Gasteiger partial charge in [-0.05, 0) is 0 Å². The molecule has 0 saturated heterocycles. The molecule has 1 heterocycles. The Morgan fingerprint density at radius 1 is 1.31 bits per heavy atom. The first-order chi connectivity index (χ1) is 7.72. The summed E-state index contributed by atoms with van der Waals surface area (Å²) in [6, 6.07) is 9.16. The Kier molecular flexibility index (Phi) is 2.92. The van der Waals surface area contributed by atoms with Crippen molar-refractivity contribution in [1.82, 2.24) is 9.97 Å². The van der Waals surface area contributed by atoms with Crippen LogP contribution in [0.2, 0.25) is 0 Å². The lowest BCUT2D eigenvalue weighted by Crippen LogP contribution is -2.11. The van der Waals surface area contributed by atoms with Gasteiger partial charge >= 0.3 is 0 Å². The van der Waals surface area contributed by atoms with Gasteiger partial charge in [-0.25, -0.2) is 4.98 Å². The van der Waals surface area contributed by atoms with Crippen LogP contribution < -0.4 is 5.56 Å². The van der Waals surface area contributed by atoms with Gasteiger partial charge in [0.05, 0.1) is 5.88 Å². The standard InChI is InChI=1S/C11H9ClN2O2/c12-6-8-9(15)11(16)14-10(13-8)7-4-2-1-3-5-7/h1-5,15H,6H2,(H,13,14,16). The molecule has 0 radical (unpaired) electrons. The van der Waals surface area contributed by atoms with E-state index in [1.54, 1.807) is 0 Å². The van der Waals surface area contributed by atoms with Gasteiger partial charge in [-0.3, -0.25) is 4.79 Å². The summed E-state index contributed by atoms with van der Waals surface area (Å²) in [7, 11) is 0. The maximum atomic E-state index is 11.4. The number of aromatic nitrogens is 2. The molecule has 82 valence electrons. The first kappa shape index (κ1) is 10.7. The first-order valence-electron chi connectivity index (χ1n) is 4.66. The predicted molar refractivity (Wildman–Crippen MR) is 61.5 cm³/mol. The monoisotopic (exact) mass is 236 g/mol. The molecule has 0 amide bonds. The highest BCUT2D eigenvalue weighted by Gasteiger charge is 2.09. The van der Waals surface area contributed by atoms with Gasteiger partial charge in [-0.2, -0.15) is 0 Å². The average Bonchev–Trinajstić information content (AvgIpc) is 2.33. The van der Waals surface area contributed by atoms with E-state index in [4.69, 9.17) is 11.6 Å². The van der Waals surface area contributed by atoms with Crippen LogP contribution in [0.25, 0.3) is 11.4 Å². The van der Waals surface area contributed by atoms with Crippen LogP contribution in [-0.4, -0.2) is 15.1 Å². The fourth-order valence-corrected chi connectivity index (χ4v) is 1.53. The van der Waals surface area contributed by atoms with E-state index in [0.29, 0.717) is 5.82 Å². The van der Waals surface area contributed by atoms with Crippen molar-refractivity contribution in [2.75, 3.05) is 0 Å². The maximum absolute atomic E-state index is 11.4. The molecular formula is C11H9ClN2O2. The van der Waals surface area contributed by atoms with E-state index in [1.807, 2.05) is 30.3 Å². The van der Waals surface area contributed by atoms with Crippen LogP contribution in [-0.2, 0) is 5.88 Å². The number of H-pyrrole nitrogens is 1. The van der Waals surface area contributed by atoms with E-state index < -0.39 is 11.3 Å². The lowest BCUT2D eigenvalue weighted by atomic mass is 10.2. The van der Waals surface area contributed by atoms with Crippen LogP contribution in [0.15, 0.2) is 35.1 Å². The van der Waals surface area contributed by atoms with Crippen molar-refractivity contribution < 1.29 is 5.11 Å². The summed E-state index contributed by atoms with van der Waals surface area (Å²) < 4.78 is 0. The molecule has 1 aromatic carbocycles. The van der Waals surface area contributed by atoms with Crippen LogP contribution in [0, 0.1) is 0 Å². The molecule has 0 bridgehead atoms. The smallest absolute Gasteiger partial charge is 0.293 e. The molecule has 2 rings (SSSR count). The number of halogens is 1. The van der Waals surface area contributed by atoms with E-state index >= 15 is 0 Å². The second kappa shape index (κ2) is 4.37. The molecular weight excluding hydrogens is 228 g/mol. The number of nitrogens with one attached hydrogen (secondary N) is 1. The van der Waals surface area contributed by atoms with Gasteiger partial charge in [0, 0.05) is 5.56 Å². The molecule has 1 aromatic heterocycles. The van der Waals surface area contributed by atoms with E-state index in [9.17, 15) is 9.90 Å². The minimum absolute atomic E-state index is 0.00438. The quantitative estimate of drug-likeness (QED) is 0.783. The SMILES string of the molecule is O=c1[nH]c(-c2ccccc2)nc(CCl)c1O. The first-order valence-corrected chi connectivity index (χ1v) is 5.19. The van der Waals surface area contributed by atoms with E-state index in [-0.39, 0.29) is 11.6 Å². The zero-order valence-corrected chi connectivity index (χ0v) is 9.03. The van der Waals surface area contributed by atoms with E-state index in [0.717, 1.165) is 5.56 Å². The zero-order valence-electron chi connectivity index (χ0n) is 8.27. The molecule has 0 aliphatic rings. The number of benzene rings is 1. The number of hydrogen-bond acceptors (Lipinski definition) is 3. The Hall–Kier alpha value is -1.81. The summed E-state index contributed by atoms with van der Waals surface area (Å²) in [5.74, 6) is -0.0241. The van der Waals surface area contributed by atoms with E-state index in [2.05, 4.69) is 9.97 Å². The third-order valence-corrected chi connectivity index (χ3v) is 2.39. The van der Waals surface area contributed by atoms with Gasteiger partial charge in [0.25, 0.3) is 5.56 Å². The maximum Gasteiger partial charge on any atom is 0.293 e. The minimum atomic E-state index is -0.579. The third-order valence-electron chi connectivity index (χ3n) is 2.14. The Balaban J connectivity index is 2.60. The molecule has 0 spiro atoms. The minimum Gasteiger partial charge on any atom is -0.502 e. The second-order valence-corrected chi connectivity index (χ2v) is 3.48. The number of aromatic amines is 1. The largest absolute Gasteiger partial charge is 0.502 e. The van der Waals surface area contributed by atoms with Gasteiger partial charge in [0.1, 0.15) is 11.5 Å². The second-order valence-electron chi connectivity index (χ2n) is 3.21. The molecule has 0 fully saturated rings. The Morgan fingerprint density at radius 3 is 2.62 bits per heavy atom. The van der Waals surface area contributed by atoms with Crippen LogP contribution in [0.4, 0.5) is 0 Å². The van der Waals surface area contributed by atoms with Gasteiger partial charge < -0.3 is 10.1 Å². The van der Waals surface area contributed by atoms with Gasteiger partial charge in [0.15, 0.2) is 0 Å². The molecule has 2 N–H and O–H groups in total. The van der Waals surface area contributed by atoms with Gasteiger partial charge in [-0.1, -0.05) is 30.3 Å². The van der Waals surface area contributed by atoms with Crippen LogP contribution in [0.5, 0.6) is 5.75 Å². The molecule has 2 aromatic rings.